The molecule has 0 aromatic carbocycles. The van der Waals surface area contributed by atoms with E-state index in [4.69, 9.17) is 0 Å². The number of hydrogen-bond donors (Lipinski definition) is 3. The van der Waals surface area contributed by atoms with Gasteiger partial charge in [0, 0.05) is 19.5 Å². The number of hydrogen-bond acceptors (Lipinski definition) is 4. The Morgan fingerprint density at radius 3 is 3.15 bits per heavy atom. The van der Waals surface area contributed by atoms with E-state index in [1.165, 1.54) is 25.0 Å². The number of nitrogens with one attached hydrogen (secondary N) is 3. The number of imidazole rings is 1. The lowest BCUT2D eigenvalue weighted by molar-refractivity contribution is -0.123. The summed E-state index contributed by atoms with van der Waals surface area (Å²) >= 11 is 1.90. The molecule has 0 fully saturated rings. The quantitative estimate of drug-likeness (QED) is 0.635. The zero-order valence-electron chi connectivity index (χ0n) is 12.1. The maximum absolute atomic E-state index is 12.1. The van der Waals surface area contributed by atoms with Crippen LogP contribution in [0.15, 0.2) is 6.33 Å². The van der Waals surface area contributed by atoms with Gasteiger partial charge in [-0.1, -0.05) is 12.8 Å². The Balaban J connectivity index is 1.59. The third kappa shape index (κ3) is 4.52. The van der Waals surface area contributed by atoms with E-state index >= 15 is 0 Å². The Labute approximate surface area is 124 Å². The fraction of sp³-hybridized carbons (Fsp3) is 0.714. The summed E-state index contributed by atoms with van der Waals surface area (Å²) in [6.07, 6.45) is 9.32. The van der Waals surface area contributed by atoms with E-state index in [2.05, 4.69) is 26.9 Å². The second kappa shape index (κ2) is 8.32. The second-order valence-corrected chi connectivity index (χ2v) is 6.15. The van der Waals surface area contributed by atoms with Crippen molar-refractivity contribution in [3.05, 3.63) is 17.7 Å². The molecule has 6 heteroatoms. The number of aromatic amines is 1. The van der Waals surface area contributed by atoms with Crippen LogP contribution < -0.4 is 10.6 Å². The highest BCUT2D eigenvalue weighted by atomic mass is 32.2. The Bertz CT molecular complexity index is 421. The summed E-state index contributed by atoms with van der Waals surface area (Å²) in [4.78, 5) is 19.4. The van der Waals surface area contributed by atoms with E-state index in [0.29, 0.717) is 13.0 Å². The lowest BCUT2D eigenvalue weighted by atomic mass is 10.0. The van der Waals surface area contributed by atoms with Crippen LogP contribution in [0.4, 0.5) is 0 Å². The largest absolute Gasteiger partial charge is 0.355 e. The normalized spacial score (nSPS) is 17.8. The molecule has 1 aliphatic heterocycles. The molecule has 3 N–H and O–H groups in total. The highest BCUT2D eigenvalue weighted by Crippen LogP contribution is 2.12. The summed E-state index contributed by atoms with van der Waals surface area (Å²) in [5.41, 5.74) is 2.11. The summed E-state index contributed by atoms with van der Waals surface area (Å²) in [6, 6.07) is -0.137. The Morgan fingerprint density at radius 2 is 2.30 bits per heavy atom. The van der Waals surface area contributed by atoms with Crippen LogP contribution in [0.1, 0.15) is 37.1 Å². The average molecular weight is 296 g/mol. The molecule has 5 nitrogen and oxygen atoms in total. The van der Waals surface area contributed by atoms with Crippen molar-refractivity contribution in [3.8, 4) is 0 Å². The molecule has 0 saturated carbocycles. The van der Waals surface area contributed by atoms with Crippen molar-refractivity contribution >= 4 is 17.7 Å². The van der Waals surface area contributed by atoms with Gasteiger partial charge < -0.3 is 10.3 Å². The third-order valence-corrected chi connectivity index (χ3v) is 4.32. The van der Waals surface area contributed by atoms with Crippen LogP contribution in [-0.4, -0.2) is 40.5 Å². The number of fused-ring (bicyclic) bond motifs is 1. The topological polar surface area (TPSA) is 69.8 Å². The van der Waals surface area contributed by atoms with Crippen LogP contribution in [0.5, 0.6) is 0 Å². The van der Waals surface area contributed by atoms with Crippen LogP contribution in [0.3, 0.4) is 0 Å². The Kier molecular flexibility index (Phi) is 6.39. The van der Waals surface area contributed by atoms with Gasteiger partial charge in [-0.05, 0) is 24.9 Å². The van der Waals surface area contributed by atoms with Crippen LogP contribution in [-0.2, 0) is 17.8 Å². The Hall–Kier alpha value is -1.01. The van der Waals surface area contributed by atoms with Crippen LogP contribution in [0.2, 0.25) is 0 Å². The van der Waals surface area contributed by atoms with E-state index in [0.717, 1.165) is 24.4 Å². The summed E-state index contributed by atoms with van der Waals surface area (Å²) in [5, 5.41) is 6.27. The van der Waals surface area contributed by atoms with Crippen molar-refractivity contribution in [2.75, 3.05) is 18.6 Å². The lowest BCUT2D eigenvalue weighted by Crippen LogP contribution is -2.47. The zero-order chi connectivity index (χ0) is 14.2. The number of nitrogens with zero attached hydrogens (tertiary/aromatic N) is 1. The molecule has 1 aliphatic rings. The number of rotatable bonds is 8. The van der Waals surface area contributed by atoms with Gasteiger partial charge in [-0.25, -0.2) is 4.98 Å². The van der Waals surface area contributed by atoms with Crippen LogP contribution in [0.25, 0.3) is 0 Å². The predicted molar refractivity (Wildman–Crippen MR) is 82.8 cm³/mol. The first-order chi connectivity index (χ1) is 9.81. The minimum absolute atomic E-state index is 0.0998. The first-order valence-corrected chi connectivity index (χ1v) is 8.72. The molecule has 1 amide bonds. The Morgan fingerprint density at radius 1 is 1.45 bits per heavy atom. The van der Waals surface area contributed by atoms with Gasteiger partial charge in [-0.15, -0.1) is 0 Å². The molecule has 112 valence electrons. The fourth-order valence-corrected chi connectivity index (χ4v) is 2.91. The summed E-state index contributed by atoms with van der Waals surface area (Å²) in [7, 11) is 0. The minimum Gasteiger partial charge on any atom is -0.355 e. The molecule has 0 saturated heterocycles. The number of unbranched alkanes of at least 4 members (excludes halogenated alkanes) is 3. The standard InChI is InChI=1S/C14H24N4OS/c1-20-7-5-3-2-4-6-15-14(19)12-8-11-13(9-16-12)18-10-17-11/h10,12,16H,2-9H2,1H3,(H,15,19)(H,17,18). The minimum atomic E-state index is -0.137. The smallest absolute Gasteiger partial charge is 0.237 e. The van der Waals surface area contributed by atoms with Crippen molar-refractivity contribution in [1.82, 2.24) is 20.6 Å². The summed E-state index contributed by atoms with van der Waals surface area (Å²) in [6.45, 7) is 1.48. The molecular weight excluding hydrogens is 272 g/mol. The van der Waals surface area contributed by atoms with Crippen molar-refractivity contribution < 1.29 is 4.79 Å². The van der Waals surface area contributed by atoms with Gasteiger partial charge in [0.05, 0.1) is 23.8 Å². The second-order valence-electron chi connectivity index (χ2n) is 5.16. The molecule has 1 atom stereocenters. The van der Waals surface area contributed by atoms with Gasteiger partial charge >= 0.3 is 0 Å². The van der Waals surface area contributed by atoms with Gasteiger partial charge in [-0.2, -0.15) is 11.8 Å². The van der Waals surface area contributed by atoms with Gasteiger partial charge in [0.15, 0.2) is 0 Å². The number of carbonyl (C=O) groups excluding carboxylic acids is 1. The monoisotopic (exact) mass is 296 g/mol. The number of amides is 1. The van der Waals surface area contributed by atoms with Crippen molar-refractivity contribution in [2.24, 2.45) is 0 Å². The van der Waals surface area contributed by atoms with Crippen LogP contribution >= 0.6 is 11.8 Å². The molecule has 0 bridgehead atoms. The molecule has 1 aromatic rings. The van der Waals surface area contributed by atoms with Gasteiger partial charge in [0.2, 0.25) is 5.91 Å². The SMILES string of the molecule is CSCCCCCCNC(=O)C1Cc2nc[nH]c2CN1. The fourth-order valence-electron chi connectivity index (χ4n) is 2.41. The van der Waals surface area contributed by atoms with Crippen molar-refractivity contribution in [3.63, 3.8) is 0 Å². The van der Waals surface area contributed by atoms with Crippen LogP contribution in [0, 0.1) is 0 Å². The number of aromatic nitrogens is 2. The molecule has 0 aliphatic carbocycles. The molecule has 0 spiro atoms. The molecule has 0 radical (unpaired) electrons. The molecule has 2 rings (SSSR count). The van der Waals surface area contributed by atoms with E-state index < -0.39 is 0 Å². The highest BCUT2D eigenvalue weighted by Gasteiger charge is 2.25. The molecule has 1 aromatic heterocycles. The van der Waals surface area contributed by atoms with E-state index in [1.54, 1.807) is 6.33 Å². The zero-order valence-corrected chi connectivity index (χ0v) is 12.9. The van der Waals surface area contributed by atoms with Gasteiger partial charge in [-0.3, -0.25) is 10.1 Å². The third-order valence-electron chi connectivity index (χ3n) is 3.62. The van der Waals surface area contributed by atoms with Gasteiger partial charge in [0.25, 0.3) is 0 Å². The van der Waals surface area contributed by atoms with E-state index in [9.17, 15) is 4.79 Å². The predicted octanol–water partition coefficient (Wildman–Crippen LogP) is 1.46. The molecule has 2 heterocycles. The molecular formula is C14H24N4OS. The maximum atomic E-state index is 12.1. The van der Waals surface area contributed by atoms with E-state index in [1.807, 2.05) is 11.8 Å². The summed E-state index contributed by atoms with van der Waals surface area (Å²) < 4.78 is 0. The lowest BCUT2D eigenvalue weighted by Gasteiger charge is -2.22. The van der Waals surface area contributed by atoms with Gasteiger partial charge in [0.1, 0.15) is 0 Å². The van der Waals surface area contributed by atoms with E-state index in [-0.39, 0.29) is 11.9 Å². The molecule has 1 unspecified atom stereocenters. The first-order valence-electron chi connectivity index (χ1n) is 7.32. The number of H-pyrrole nitrogens is 1. The van der Waals surface area contributed by atoms with Crippen molar-refractivity contribution in [1.29, 1.82) is 0 Å². The first kappa shape index (κ1) is 15.4. The number of carbonyl (C=O) groups is 1. The number of thioether (sulfide) groups is 1. The highest BCUT2D eigenvalue weighted by molar-refractivity contribution is 7.98. The van der Waals surface area contributed by atoms with Crippen molar-refractivity contribution in [2.45, 2.75) is 44.7 Å². The molecule has 20 heavy (non-hydrogen) atoms. The maximum Gasteiger partial charge on any atom is 0.237 e. The summed E-state index contributed by atoms with van der Waals surface area (Å²) in [5.74, 6) is 1.34. The average Bonchev–Trinajstić information content (AvgIpc) is 2.93.